The highest BCUT2D eigenvalue weighted by molar-refractivity contribution is 9.10. The zero-order valence-corrected chi connectivity index (χ0v) is 16.7. The first-order chi connectivity index (χ1) is 13.2. The molecule has 0 bridgehead atoms. The van der Waals surface area contributed by atoms with E-state index in [4.69, 9.17) is 4.74 Å². The number of methoxy groups -OCH3 is 1. The fraction of sp³-hybridized carbons (Fsp3) is 0.0870. The van der Waals surface area contributed by atoms with Gasteiger partial charge >= 0.3 is 0 Å². The number of nitrogens with zero attached hydrogens (tertiary/aromatic N) is 2. The van der Waals surface area contributed by atoms with Crippen LogP contribution >= 0.6 is 15.9 Å². The molecule has 4 heteroatoms. The van der Waals surface area contributed by atoms with E-state index in [-0.39, 0.29) is 0 Å². The van der Waals surface area contributed by atoms with Crippen molar-refractivity contribution in [2.24, 2.45) is 7.05 Å². The van der Waals surface area contributed by atoms with Crippen LogP contribution in [0.5, 0.6) is 5.75 Å². The number of ether oxygens (including phenoxy) is 1. The highest BCUT2D eigenvalue weighted by Gasteiger charge is 2.23. The third-order valence-electron chi connectivity index (χ3n) is 4.50. The van der Waals surface area contributed by atoms with E-state index in [1.165, 1.54) is 0 Å². The first-order valence-corrected chi connectivity index (χ1v) is 9.38. The molecule has 3 nitrogen and oxygen atoms in total. The van der Waals surface area contributed by atoms with Crippen molar-refractivity contribution in [1.29, 1.82) is 0 Å². The topological polar surface area (TPSA) is 18.3 Å². The molecule has 0 spiro atoms. The smallest absolute Gasteiger partial charge is 0.287 e. The van der Waals surface area contributed by atoms with E-state index in [0.29, 0.717) is 0 Å². The monoisotopic (exact) mass is 417 g/mol. The number of hydrogen-bond donors (Lipinski definition) is 0. The number of halogens is 1. The van der Waals surface area contributed by atoms with E-state index < -0.39 is 0 Å². The Labute approximate surface area is 167 Å². The Kier molecular flexibility index (Phi) is 4.70. The van der Waals surface area contributed by atoms with E-state index in [2.05, 4.69) is 61.1 Å². The van der Waals surface area contributed by atoms with E-state index >= 15 is 0 Å². The number of aromatic nitrogens is 2. The van der Waals surface area contributed by atoms with Gasteiger partial charge < -0.3 is 4.74 Å². The highest BCUT2D eigenvalue weighted by atomic mass is 79.9. The Hall–Kier alpha value is -3.03. The average molecular weight is 418 g/mol. The second-order valence-corrected chi connectivity index (χ2v) is 7.09. The molecule has 132 valence electrons. The minimum atomic E-state index is 0.829. The largest absolute Gasteiger partial charge is 0.497 e. The molecule has 0 aliphatic rings. The fourth-order valence-corrected chi connectivity index (χ4v) is 3.46. The van der Waals surface area contributed by atoms with Crippen LogP contribution in [0.3, 0.4) is 0 Å². The highest BCUT2D eigenvalue weighted by Crippen LogP contribution is 2.23. The zero-order valence-electron chi connectivity index (χ0n) is 15.1. The number of fused-ring (bicyclic) bond motifs is 1. The summed E-state index contributed by atoms with van der Waals surface area (Å²) < 4.78 is 10.6. The molecule has 2 aromatic heterocycles. The molecule has 0 unspecified atom stereocenters. The van der Waals surface area contributed by atoms with Gasteiger partial charge in [0.15, 0.2) is 5.69 Å². The van der Waals surface area contributed by atoms with Gasteiger partial charge in [-0.25, -0.2) is 4.57 Å². The summed E-state index contributed by atoms with van der Waals surface area (Å²) in [4.78, 5) is 0. The summed E-state index contributed by atoms with van der Waals surface area (Å²) in [5.74, 6) is 7.50. The van der Waals surface area contributed by atoms with Crippen LogP contribution in [0.4, 0.5) is 0 Å². The summed E-state index contributed by atoms with van der Waals surface area (Å²) in [5.41, 5.74) is 5.21. The average Bonchev–Trinajstić information content (AvgIpc) is 2.98. The van der Waals surface area contributed by atoms with Gasteiger partial charge in [-0.3, -0.25) is 0 Å². The lowest BCUT2D eigenvalue weighted by atomic mass is 10.1. The molecule has 27 heavy (non-hydrogen) atoms. The summed E-state index contributed by atoms with van der Waals surface area (Å²) in [7, 11) is 3.71. The number of imidazole rings is 1. The molecular formula is C23H18BrN2O+. The number of benzene rings is 2. The number of hydrogen-bond acceptors (Lipinski definition) is 1. The molecule has 2 aromatic carbocycles. The van der Waals surface area contributed by atoms with Crippen molar-refractivity contribution in [3.8, 4) is 28.8 Å². The molecule has 0 aliphatic heterocycles. The molecule has 0 radical (unpaired) electrons. The Morgan fingerprint density at radius 1 is 0.926 bits per heavy atom. The quantitative estimate of drug-likeness (QED) is 0.344. The van der Waals surface area contributed by atoms with Crippen LogP contribution in [0.15, 0.2) is 77.4 Å². The summed E-state index contributed by atoms with van der Waals surface area (Å²) in [6.45, 7) is 0. The van der Waals surface area contributed by atoms with Crippen LogP contribution in [-0.4, -0.2) is 11.7 Å². The molecule has 0 N–H and O–H groups in total. The van der Waals surface area contributed by atoms with Crippen LogP contribution < -0.4 is 9.14 Å². The van der Waals surface area contributed by atoms with Gasteiger partial charge in [0, 0.05) is 17.2 Å². The van der Waals surface area contributed by atoms with Gasteiger partial charge in [-0.2, -0.15) is 4.40 Å². The predicted molar refractivity (Wildman–Crippen MR) is 111 cm³/mol. The molecule has 4 aromatic rings. The van der Waals surface area contributed by atoms with Gasteiger partial charge in [0.05, 0.1) is 18.6 Å². The lowest BCUT2D eigenvalue weighted by Gasteiger charge is -1.98. The lowest BCUT2D eigenvalue weighted by molar-refractivity contribution is -0.499. The molecule has 0 aliphatic carbocycles. The Morgan fingerprint density at radius 2 is 1.67 bits per heavy atom. The third-order valence-corrected chi connectivity index (χ3v) is 4.97. The number of rotatable bonds is 2. The second kappa shape index (κ2) is 7.30. The summed E-state index contributed by atoms with van der Waals surface area (Å²) in [6.07, 6.45) is 2.08. The van der Waals surface area contributed by atoms with E-state index in [1.54, 1.807) is 7.11 Å². The SMILES string of the molecule is COc1ccc(C#Cc2c(-c3ccccc3)[n+]3cc(Br)ccc3n2C)cc1. The van der Waals surface area contributed by atoms with Crippen LogP contribution in [0.2, 0.25) is 0 Å². The van der Waals surface area contributed by atoms with Gasteiger partial charge in [0.2, 0.25) is 5.69 Å². The molecule has 0 fully saturated rings. The van der Waals surface area contributed by atoms with Crippen LogP contribution in [0.1, 0.15) is 11.3 Å². The number of pyridine rings is 1. The van der Waals surface area contributed by atoms with E-state index in [0.717, 1.165) is 38.4 Å². The minimum absolute atomic E-state index is 0.829. The molecule has 0 amide bonds. The molecule has 2 heterocycles. The van der Waals surface area contributed by atoms with Gasteiger partial charge in [-0.15, -0.1) is 0 Å². The van der Waals surface area contributed by atoms with E-state index in [1.807, 2.05) is 55.6 Å². The first kappa shape index (κ1) is 17.4. The molecular weight excluding hydrogens is 400 g/mol. The first-order valence-electron chi connectivity index (χ1n) is 8.58. The van der Waals surface area contributed by atoms with Crippen molar-refractivity contribution in [2.45, 2.75) is 0 Å². The maximum absolute atomic E-state index is 5.22. The van der Waals surface area contributed by atoms with Gasteiger partial charge in [-0.1, -0.05) is 36.3 Å². The Balaban J connectivity index is 1.92. The predicted octanol–water partition coefficient (Wildman–Crippen LogP) is 4.60. The van der Waals surface area contributed by atoms with Crippen molar-refractivity contribution in [2.75, 3.05) is 7.11 Å². The summed E-state index contributed by atoms with van der Waals surface area (Å²) >= 11 is 3.58. The third kappa shape index (κ3) is 3.34. The normalized spacial score (nSPS) is 10.5. The van der Waals surface area contributed by atoms with E-state index in [9.17, 15) is 0 Å². The van der Waals surface area contributed by atoms with Crippen molar-refractivity contribution in [1.82, 2.24) is 4.57 Å². The zero-order chi connectivity index (χ0) is 18.8. The van der Waals surface area contributed by atoms with Crippen LogP contribution in [-0.2, 0) is 7.05 Å². The fourth-order valence-electron chi connectivity index (χ4n) is 3.13. The van der Waals surface area contributed by atoms with Crippen molar-refractivity contribution in [3.05, 3.63) is 88.7 Å². The maximum atomic E-state index is 5.22. The maximum Gasteiger partial charge on any atom is 0.287 e. The Bertz CT molecular complexity index is 1170. The summed E-state index contributed by atoms with van der Waals surface area (Å²) in [6, 6.07) is 22.3. The second-order valence-electron chi connectivity index (χ2n) is 6.18. The molecule has 0 saturated carbocycles. The number of aryl methyl sites for hydroxylation is 1. The van der Waals surface area contributed by atoms with Gasteiger partial charge in [0.1, 0.15) is 11.9 Å². The Morgan fingerprint density at radius 3 is 2.37 bits per heavy atom. The van der Waals surface area contributed by atoms with Crippen molar-refractivity contribution >= 4 is 21.6 Å². The molecule has 0 atom stereocenters. The standard InChI is InChI=1S/C23H18BrN2O/c1-25-21(14-10-17-8-12-20(27-2)13-9-17)23(18-6-4-3-5-7-18)26-16-19(24)11-15-22(25)26/h3-9,11-13,15-16H,1-2H3/q+1. The van der Waals surface area contributed by atoms with Crippen molar-refractivity contribution in [3.63, 3.8) is 0 Å². The van der Waals surface area contributed by atoms with Crippen LogP contribution in [0, 0.1) is 11.8 Å². The minimum Gasteiger partial charge on any atom is -0.497 e. The molecule has 0 saturated heterocycles. The van der Waals surface area contributed by atoms with Crippen LogP contribution in [0.25, 0.3) is 16.9 Å². The lowest BCUT2D eigenvalue weighted by Crippen LogP contribution is -2.22. The van der Waals surface area contributed by atoms with Gasteiger partial charge in [0.25, 0.3) is 5.65 Å². The van der Waals surface area contributed by atoms with Crippen molar-refractivity contribution < 1.29 is 9.14 Å². The molecule has 4 rings (SSSR count). The summed E-state index contributed by atoms with van der Waals surface area (Å²) in [5, 5.41) is 0. The van der Waals surface area contributed by atoms with Gasteiger partial charge in [-0.05, 0) is 52.2 Å².